The Labute approximate surface area is 108 Å². The minimum absolute atomic E-state index is 0.0922. The number of nitrogens with one attached hydrogen (secondary N) is 1. The summed E-state index contributed by atoms with van der Waals surface area (Å²) < 4.78 is 14.0. The summed E-state index contributed by atoms with van der Waals surface area (Å²) in [4.78, 5) is 11.7. The fourth-order valence-corrected chi connectivity index (χ4v) is 1.69. The van der Waals surface area contributed by atoms with Gasteiger partial charge in [0.1, 0.15) is 11.7 Å². The molecule has 0 aliphatic rings. The average molecular weight is 299 g/mol. The van der Waals surface area contributed by atoms with E-state index in [2.05, 4.69) is 21.2 Å². The number of carbonyl (C=O) groups is 1. The fourth-order valence-electron chi connectivity index (χ4n) is 1.35. The highest BCUT2D eigenvalue weighted by Gasteiger charge is 2.17. The van der Waals surface area contributed by atoms with Crippen molar-refractivity contribution in [2.24, 2.45) is 5.92 Å². The Morgan fingerprint density at radius 3 is 2.88 bits per heavy atom. The van der Waals surface area contributed by atoms with Crippen molar-refractivity contribution in [2.45, 2.75) is 19.8 Å². The smallest absolute Gasteiger partial charge is 0.241 e. The normalized spacial score (nSPS) is 11.6. The molecule has 1 aromatic rings. The monoisotopic (exact) mass is 298 g/mol. The largest absolute Gasteiger partial charge is 0.322 e. The Morgan fingerprint density at radius 1 is 1.65 bits per heavy atom. The van der Waals surface area contributed by atoms with Crippen LogP contribution in [0.5, 0.6) is 0 Å². The summed E-state index contributed by atoms with van der Waals surface area (Å²) in [5.74, 6) is -1.72. The molecule has 90 valence electrons. The Bertz CT molecular complexity index is 456. The Morgan fingerprint density at radius 2 is 2.35 bits per heavy atom. The maximum atomic E-state index is 13.4. The summed E-state index contributed by atoms with van der Waals surface area (Å²) in [6.45, 7) is 1.89. The molecule has 0 heterocycles. The lowest BCUT2D eigenvalue weighted by atomic mass is 10.0. The van der Waals surface area contributed by atoms with Gasteiger partial charge in [0.2, 0.25) is 5.91 Å². The van der Waals surface area contributed by atoms with Gasteiger partial charge in [0.15, 0.2) is 0 Å². The topological polar surface area (TPSA) is 52.9 Å². The van der Waals surface area contributed by atoms with Gasteiger partial charge < -0.3 is 5.32 Å². The lowest BCUT2D eigenvalue weighted by Crippen LogP contribution is -2.22. The van der Waals surface area contributed by atoms with Crippen LogP contribution in [-0.2, 0) is 4.79 Å². The van der Waals surface area contributed by atoms with Crippen LogP contribution in [0.25, 0.3) is 0 Å². The van der Waals surface area contributed by atoms with Crippen molar-refractivity contribution in [3.05, 3.63) is 28.5 Å². The lowest BCUT2D eigenvalue weighted by molar-refractivity contribution is -0.118. The molecule has 0 aliphatic heterocycles. The van der Waals surface area contributed by atoms with Gasteiger partial charge in [-0.3, -0.25) is 4.79 Å². The van der Waals surface area contributed by atoms with Crippen molar-refractivity contribution in [3.8, 4) is 6.07 Å². The molecule has 1 atom stereocenters. The van der Waals surface area contributed by atoms with Gasteiger partial charge in [0.05, 0.1) is 11.8 Å². The Kier molecular flexibility index (Phi) is 5.11. The van der Waals surface area contributed by atoms with Crippen molar-refractivity contribution >= 4 is 27.5 Å². The van der Waals surface area contributed by atoms with Crippen molar-refractivity contribution in [1.82, 2.24) is 0 Å². The van der Waals surface area contributed by atoms with E-state index in [1.54, 1.807) is 6.07 Å². The maximum absolute atomic E-state index is 13.4. The van der Waals surface area contributed by atoms with E-state index in [9.17, 15) is 9.18 Å². The lowest BCUT2D eigenvalue weighted by Gasteiger charge is -2.10. The minimum Gasteiger partial charge on any atom is -0.322 e. The second-order valence-corrected chi connectivity index (χ2v) is 4.50. The molecule has 0 fully saturated rings. The number of nitriles is 1. The summed E-state index contributed by atoms with van der Waals surface area (Å²) in [6.07, 6.45) is 1.20. The van der Waals surface area contributed by atoms with Crippen molar-refractivity contribution < 1.29 is 9.18 Å². The van der Waals surface area contributed by atoms with Gasteiger partial charge in [-0.05, 0) is 24.6 Å². The first-order chi connectivity index (χ1) is 8.08. The van der Waals surface area contributed by atoms with Crippen LogP contribution in [0, 0.1) is 23.1 Å². The summed E-state index contributed by atoms with van der Waals surface area (Å²) in [5.41, 5.74) is 0.0922. The first-order valence-corrected chi connectivity index (χ1v) is 6.03. The quantitative estimate of drug-likeness (QED) is 0.925. The first kappa shape index (κ1) is 13.7. The molecule has 1 rings (SSSR count). The predicted octanol–water partition coefficient (Wildman–Crippen LogP) is 3.47. The molecule has 0 bridgehead atoms. The van der Waals surface area contributed by atoms with E-state index in [1.165, 1.54) is 12.1 Å². The molecular weight excluding hydrogens is 287 g/mol. The number of nitrogens with zero attached hydrogens (tertiary/aromatic N) is 1. The molecule has 0 aromatic heterocycles. The number of anilines is 1. The number of hydrogen-bond acceptors (Lipinski definition) is 2. The van der Waals surface area contributed by atoms with Crippen molar-refractivity contribution in [3.63, 3.8) is 0 Å². The number of halogens is 2. The predicted molar refractivity (Wildman–Crippen MR) is 66.7 cm³/mol. The molecule has 17 heavy (non-hydrogen) atoms. The fraction of sp³-hybridized carbons (Fsp3) is 0.333. The van der Waals surface area contributed by atoms with Crippen LogP contribution in [-0.4, -0.2) is 5.91 Å². The molecule has 0 saturated carbocycles. The summed E-state index contributed by atoms with van der Waals surface area (Å²) >= 11 is 3.12. The van der Waals surface area contributed by atoms with E-state index in [-0.39, 0.29) is 5.69 Å². The van der Waals surface area contributed by atoms with Gasteiger partial charge in [0.25, 0.3) is 0 Å². The third kappa shape index (κ3) is 3.82. The van der Waals surface area contributed by atoms with Crippen LogP contribution in [0.3, 0.4) is 0 Å². The first-order valence-electron chi connectivity index (χ1n) is 5.24. The average Bonchev–Trinajstić information content (AvgIpc) is 2.29. The zero-order chi connectivity index (χ0) is 12.8. The molecule has 0 radical (unpaired) electrons. The van der Waals surface area contributed by atoms with E-state index in [0.29, 0.717) is 10.9 Å². The van der Waals surface area contributed by atoms with Crippen molar-refractivity contribution in [2.75, 3.05) is 5.32 Å². The van der Waals surface area contributed by atoms with Crippen molar-refractivity contribution in [1.29, 1.82) is 5.26 Å². The van der Waals surface area contributed by atoms with Gasteiger partial charge in [-0.15, -0.1) is 0 Å². The molecule has 0 spiro atoms. The third-order valence-corrected chi connectivity index (χ3v) is 2.73. The van der Waals surface area contributed by atoms with Gasteiger partial charge in [-0.1, -0.05) is 29.3 Å². The van der Waals surface area contributed by atoms with E-state index in [4.69, 9.17) is 5.26 Å². The Hall–Kier alpha value is -1.41. The summed E-state index contributed by atoms with van der Waals surface area (Å²) in [5, 5.41) is 11.2. The van der Waals surface area contributed by atoms with Crippen LogP contribution >= 0.6 is 15.9 Å². The minimum atomic E-state index is -0.733. The van der Waals surface area contributed by atoms with Crippen LogP contribution in [0.4, 0.5) is 10.1 Å². The van der Waals surface area contributed by atoms with Gasteiger partial charge in [-0.25, -0.2) is 4.39 Å². The Balaban J connectivity index is 2.77. The maximum Gasteiger partial charge on any atom is 0.241 e. The highest BCUT2D eigenvalue weighted by Crippen LogP contribution is 2.20. The van der Waals surface area contributed by atoms with Crippen LogP contribution < -0.4 is 5.32 Å². The number of amides is 1. The molecule has 0 saturated heterocycles. The molecule has 0 aliphatic carbocycles. The molecular formula is C12H12BrFN2O. The summed E-state index contributed by atoms with van der Waals surface area (Å²) in [6, 6.07) is 6.25. The zero-order valence-electron chi connectivity index (χ0n) is 9.34. The van der Waals surface area contributed by atoms with E-state index in [0.717, 1.165) is 6.42 Å². The highest BCUT2D eigenvalue weighted by atomic mass is 79.9. The standard InChI is InChI=1S/C12H12BrFN2O/c1-2-3-8(7-15)12(17)16-11-5-4-9(13)6-10(11)14/h4-6,8H,2-3H2,1H3,(H,16,17). The van der Waals surface area contributed by atoms with E-state index < -0.39 is 17.6 Å². The molecule has 3 nitrogen and oxygen atoms in total. The second kappa shape index (κ2) is 6.36. The molecule has 1 unspecified atom stereocenters. The number of rotatable bonds is 4. The molecule has 1 amide bonds. The highest BCUT2D eigenvalue weighted by molar-refractivity contribution is 9.10. The van der Waals surface area contributed by atoms with Crippen LogP contribution in [0.15, 0.2) is 22.7 Å². The zero-order valence-corrected chi connectivity index (χ0v) is 10.9. The number of carbonyl (C=O) groups excluding carboxylic acids is 1. The van der Waals surface area contributed by atoms with E-state index in [1.807, 2.05) is 13.0 Å². The molecule has 1 N–H and O–H groups in total. The molecule has 1 aromatic carbocycles. The number of benzene rings is 1. The number of hydrogen-bond donors (Lipinski definition) is 1. The van der Waals surface area contributed by atoms with E-state index >= 15 is 0 Å². The van der Waals surface area contributed by atoms with Gasteiger partial charge >= 0.3 is 0 Å². The van der Waals surface area contributed by atoms with Gasteiger partial charge in [-0.2, -0.15) is 5.26 Å². The van der Waals surface area contributed by atoms with Crippen LogP contribution in [0.2, 0.25) is 0 Å². The molecule has 5 heteroatoms. The summed E-state index contributed by atoms with van der Waals surface area (Å²) in [7, 11) is 0. The van der Waals surface area contributed by atoms with Gasteiger partial charge in [0, 0.05) is 4.47 Å². The second-order valence-electron chi connectivity index (χ2n) is 3.58. The van der Waals surface area contributed by atoms with Crippen LogP contribution in [0.1, 0.15) is 19.8 Å². The third-order valence-electron chi connectivity index (χ3n) is 2.24. The SMILES string of the molecule is CCCC(C#N)C(=O)Nc1ccc(Br)cc1F.